The van der Waals surface area contributed by atoms with Gasteiger partial charge in [0.25, 0.3) is 0 Å². The second kappa shape index (κ2) is 16.6. The Hall–Kier alpha value is -5.40. The predicted octanol–water partition coefficient (Wildman–Crippen LogP) is 13.7. The van der Waals surface area contributed by atoms with E-state index in [1.54, 1.807) is 16.5 Å². The summed E-state index contributed by atoms with van der Waals surface area (Å²) in [6.45, 7) is 8.44. The van der Waals surface area contributed by atoms with Crippen molar-refractivity contribution >= 4 is 72.2 Å². The fourth-order valence-electron chi connectivity index (χ4n) is 8.56. The van der Waals surface area contributed by atoms with Gasteiger partial charge in [0, 0.05) is 31.2 Å². The smallest absolute Gasteiger partial charge is 0.123 e. The maximum atomic E-state index is 14.3. The van der Waals surface area contributed by atoms with Gasteiger partial charge in [-0.25, -0.2) is 4.39 Å². The number of imidazole rings is 1. The minimum Gasteiger partial charge on any atom is -0.501 e. The number of benzene rings is 7. The number of hydrogen-bond donors (Lipinski definition) is 0. The van der Waals surface area contributed by atoms with Gasteiger partial charge in [0.15, 0.2) is 0 Å². The Morgan fingerprint density at radius 1 is 0.733 bits per heavy atom. The first-order chi connectivity index (χ1) is 28.4. The van der Waals surface area contributed by atoms with Crippen molar-refractivity contribution in [3.63, 3.8) is 0 Å². The third-order valence-electron chi connectivity index (χ3n) is 11.2. The van der Waals surface area contributed by atoms with Crippen LogP contribution in [-0.4, -0.2) is 27.8 Å². The van der Waals surface area contributed by atoms with Crippen molar-refractivity contribution in [1.29, 1.82) is 0 Å². The van der Waals surface area contributed by atoms with Crippen molar-refractivity contribution < 1.29 is 28.9 Å². The summed E-state index contributed by atoms with van der Waals surface area (Å²) in [5.74, 6) is 8.46. The van der Waals surface area contributed by atoms with Crippen molar-refractivity contribution in [3.05, 3.63) is 168 Å². The first-order valence-corrected chi connectivity index (χ1v) is 27.7. The first-order valence-electron chi connectivity index (χ1n) is 20.3. The largest absolute Gasteiger partial charge is 0.501 e. The molecule has 0 aliphatic heterocycles. The molecule has 0 bridgehead atoms. The van der Waals surface area contributed by atoms with Gasteiger partial charge in [-0.05, 0) is 82.9 Å². The molecule has 0 unspecified atom stereocenters. The van der Waals surface area contributed by atoms with E-state index in [9.17, 15) is 4.39 Å². The molecule has 7 heteroatoms. The molecule has 0 saturated heterocycles. The van der Waals surface area contributed by atoms with Gasteiger partial charge in [-0.3, -0.25) is 4.98 Å². The van der Waals surface area contributed by atoms with Gasteiger partial charge >= 0.3 is 126 Å². The molecule has 3 aromatic heterocycles. The van der Waals surface area contributed by atoms with Crippen molar-refractivity contribution in [3.8, 4) is 28.3 Å². The molecule has 0 amide bonds. The predicted molar refractivity (Wildman–Crippen MR) is 247 cm³/mol. The Kier molecular flexibility index (Phi) is 11.4. The first kappa shape index (κ1) is 41.3. The third-order valence-corrected chi connectivity index (χ3v) is 15.5. The van der Waals surface area contributed by atoms with E-state index in [0.717, 1.165) is 78.4 Å². The maximum Gasteiger partial charge on any atom is 0.123 e. The van der Waals surface area contributed by atoms with Gasteiger partial charge in [-0.1, -0.05) is 59.5 Å². The van der Waals surface area contributed by atoms with Crippen LogP contribution in [0.1, 0.15) is 30.5 Å². The van der Waals surface area contributed by atoms with Crippen LogP contribution in [0, 0.1) is 37.7 Å². The minimum atomic E-state index is -1.86. The Bertz CT molecular complexity index is 3170. The fourth-order valence-corrected chi connectivity index (χ4v) is 11.9. The Labute approximate surface area is 367 Å². The van der Waals surface area contributed by atoms with E-state index < -0.39 is 13.3 Å². The second-order valence-corrected chi connectivity index (χ2v) is 27.6. The number of halogens is 1. The number of pyridine rings is 1. The molecule has 0 fully saturated rings. The van der Waals surface area contributed by atoms with Crippen LogP contribution in [0.3, 0.4) is 0 Å². The van der Waals surface area contributed by atoms with Gasteiger partial charge in [0.05, 0.1) is 22.4 Å². The number of rotatable bonds is 6. The molecule has 1 radical (unpaired) electrons. The van der Waals surface area contributed by atoms with E-state index in [0.29, 0.717) is 11.7 Å². The zero-order valence-corrected chi connectivity index (χ0v) is 39.4. The molecule has 301 valence electrons. The van der Waals surface area contributed by atoms with E-state index in [2.05, 4.69) is 121 Å². The van der Waals surface area contributed by atoms with Crippen LogP contribution in [0.5, 0.6) is 0 Å². The van der Waals surface area contributed by atoms with Crippen molar-refractivity contribution in [2.24, 2.45) is 5.92 Å². The van der Waals surface area contributed by atoms with Crippen LogP contribution in [0.2, 0.25) is 17.3 Å². The molecular weight excluding hydrogens is 978 g/mol. The van der Waals surface area contributed by atoms with Gasteiger partial charge in [-0.15, -0.1) is 18.2 Å². The van der Waals surface area contributed by atoms with E-state index in [1.807, 2.05) is 62.4 Å². The van der Waals surface area contributed by atoms with Crippen LogP contribution in [-0.2, 0) is 26.5 Å². The van der Waals surface area contributed by atoms with Crippen LogP contribution >= 0.6 is 0 Å². The molecule has 0 saturated carbocycles. The number of aromatic nitrogens is 3. The van der Waals surface area contributed by atoms with E-state index in [4.69, 9.17) is 14.4 Å². The number of furan rings is 1. The van der Waals surface area contributed by atoms with Crippen molar-refractivity contribution in [2.45, 2.75) is 51.4 Å². The molecule has 0 aliphatic rings. The molecule has 0 spiro atoms. The summed E-state index contributed by atoms with van der Waals surface area (Å²) in [6, 6.07) is 49.4. The average Bonchev–Trinajstić information content (AvgIpc) is 3.78. The molecule has 60 heavy (non-hydrogen) atoms. The number of fused-ring (bicyclic) bond motifs is 7. The van der Waals surface area contributed by atoms with Crippen molar-refractivity contribution in [2.75, 3.05) is 0 Å². The summed E-state index contributed by atoms with van der Waals surface area (Å²) in [7, 11) is 0. The van der Waals surface area contributed by atoms with Crippen molar-refractivity contribution in [1.82, 2.24) is 14.5 Å². The molecule has 0 aliphatic carbocycles. The summed E-state index contributed by atoms with van der Waals surface area (Å²) < 4.78 is 24.5. The standard InChI is InChI=1S/C35H22FN2O.C18H24GeN.Ir/c1-20-16-24(36)17-21(2)33(20)38-31-13-6-5-12-30(31)37-35(38)27-11-7-10-26-29-19-28-23(18-32(29)39-34(26)27)15-14-22-8-3-4-9-25(22)28;1-14(2)11-16-12-18(15-9-7-6-8-10-15)20-13-17(16)19(3,4)5;/h3-10,12-19H,1-2H3;6-9,12-14H,11H2,1-5H3;/q2*-1;. The molecular formula is C53H46FGeIrN3O-2. The Morgan fingerprint density at radius 2 is 1.47 bits per heavy atom. The van der Waals surface area contributed by atoms with E-state index in [1.165, 1.54) is 21.7 Å². The summed E-state index contributed by atoms with van der Waals surface area (Å²) in [5, 5.41) is 6.83. The van der Waals surface area contributed by atoms with Gasteiger partial charge in [0.1, 0.15) is 11.4 Å². The van der Waals surface area contributed by atoms with Crippen LogP contribution in [0.4, 0.5) is 4.39 Å². The Balaban J connectivity index is 0.000000202. The fraction of sp³-hybridized carbons (Fsp3) is 0.170. The zero-order chi connectivity index (χ0) is 41.0. The maximum absolute atomic E-state index is 14.3. The molecule has 10 aromatic rings. The van der Waals surface area contributed by atoms with Crippen LogP contribution < -0.4 is 4.40 Å². The van der Waals surface area contributed by atoms with Crippen LogP contribution in [0.25, 0.3) is 82.8 Å². The summed E-state index contributed by atoms with van der Waals surface area (Å²) in [5.41, 5.74) is 10.4. The minimum absolute atomic E-state index is 0. The topological polar surface area (TPSA) is 43.9 Å². The molecule has 3 heterocycles. The summed E-state index contributed by atoms with van der Waals surface area (Å²) >= 11 is -1.86. The van der Waals surface area contributed by atoms with Gasteiger partial charge in [0.2, 0.25) is 0 Å². The molecule has 4 nitrogen and oxygen atoms in total. The second-order valence-electron chi connectivity index (χ2n) is 17.1. The summed E-state index contributed by atoms with van der Waals surface area (Å²) in [6.07, 6.45) is 3.27. The molecule has 10 rings (SSSR count). The molecule has 0 atom stereocenters. The summed E-state index contributed by atoms with van der Waals surface area (Å²) in [4.78, 5) is 9.76. The molecule has 7 aromatic carbocycles. The number of hydrogen-bond acceptors (Lipinski definition) is 3. The average molecular weight is 1020 g/mol. The zero-order valence-electron chi connectivity index (χ0n) is 34.9. The monoisotopic (exact) mass is 1030 g/mol. The van der Waals surface area contributed by atoms with E-state index >= 15 is 0 Å². The quantitative estimate of drug-likeness (QED) is 0.0947. The van der Waals surface area contributed by atoms with Gasteiger partial charge < -0.3 is 8.98 Å². The van der Waals surface area contributed by atoms with E-state index in [-0.39, 0.29) is 25.9 Å². The van der Waals surface area contributed by atoms with Gasteiger partial charge in [-0.2, -0.15) is 0 Å². The number of para-hydroxylation sites is 2. The third kappa shape index (κ3) is 7.73. The van der Waals surface area contributed by atoms with Crippen LogP contribution in [0.15, 0.2) is 138 Å². The number of nitrogens with zero attached hydrogens (tertiary/aromatic N) is 3. The SMILES string of the molecule is CC(C)Cc1cc(-c2[c-]cccc2)nc[c]1[Ge]([CH3])([CH3])[CH3].Cc1cc(F)cc(C)c1-n1c(-c2[c-]ccc3c2oc2cc4ccc5ccccc5c4cc23)nc2ccccc21.[Ir]. The number of aryl methyl sites for hydroxylation is 2. The molecule has 0 N–H and O–H groups in total. The Morgan fingerprint density at radius 3 is 2.22 bits per heavy atom. The normalized spacial score (nSPS) is 11.8.